The summed E-state index contributed by atoms with van der Waals surface area (Å²) in [6, 6.07) is 3.04. The molecular formula is C12H20N2O. The van der Waals surface area contributed by atoms with Crippen molar-refractivity contribution in [1.29, 1.82) is 0 Å². The molecule has 1 aromatic rings. The highest BCUT2D eigenvalue weighted by molar-refractivity contribution is 5.10. The molecule has 0 bridgehead atoms. The van der Waals surface area contributed by atoms with Crippen molar-refractivity contribution in [3.63, 3.8) is 0 Å². The van der Waals surface area contributed by atoms with E-state index in [9.17, 15) is 0 Å². The summed E-state index contributed by atoms with van der Waals surface area (Å²) < 4.78 is 5.10. The lowest BCUT2D eigenvalue weighted by atomic mass is 10.0. The lowest BCUT2D eigenvalue weighted by Gasteiger charge is -2.32. The fourth-order valence-corrected chi connectivity index (χ4v) is 2.27. The van der Waals surface area contributed by atoms with Crippen molar-refractivity contribution >= 4 is 0 Å². The van der Waals surface area contributed by atoms with Gasteiger partial charge in [0.1, 0.15) is 0 Å². The fraction of sp³-hybridized carbons (Fsp3) is 0.667. The molecule has 0 spiro atoms. The van der Waals surface area contributed by atoms with E-state index in [1.807, 2.05) is 12.3 Å². The minimum Gasteiger partial charge on any atom is -0.472 e. The molecule has 0 saturated carbocycles. The van der Waals surface area contributed by atoms with Gasteiger partial charge in [0.25, 0.3) is 0 Å². The lowest BCUT2D eigenvalue weighted by Crippen LogP contribution is -2.44. The predicted octanol–water partition coefficient (Wildman–Crippen LogP) is 2.02. The molecule has 84 valence electrons. The van der Waals surface area contributed by atoms with Crippen LogP contribution in [-0.4, -0.2) is 31.1 Å². The number of rotatable bonds is 3. The summed E-state index contributed by atoms with van der Waals surface area (Å²) in [5, 5.41) is 3.65. The van der Waals surface area contributed by atoms with Gasteiger partial charge in [0.2, 0.25) is 0 Å². The van der Waals surface area contributed by atoms with Gasteiger partial charge < -0.3 is 14.6 Å². The standard InChI is InChI=1S/C12H20N2O/c1-10(11-5-7-15-9-11)13-12-4-3-6-14(2)8-12/h5,7,9-10,12-13H,3-4,6,8H2,1-2H3. The van der Waals surface area contributed by atoms with Crippen molar-refractivity contribution in [3.8, 4) is 0 Å². The van der Waals surface area contributed by atoms with E-state index in [2.05, 4.69) is 24.2 Å². The van der Waals surface area contributed by atoms with Crippen molar-refractivity contribution in [2.75, 3.05) is 20.1 Å². The second-order valence-electron chi connectivity index (χ2n) is 4.55. The highest BCUT2D eigenvalue weighted by Crippen LogP contribution is 2.16. The van der Waals surface area contributed by atoms with Gasteiger partial charge in [-0.3, -0.25) is 0 Å². The van der Waals surface area contributed by atoms with E-state index in [0.29, 0.717) is 12.1 Å². The highest BCUT2D eigenvalue weighted by Gasteiger charge is 2.19. The third-order valence-electron chi connectivity index (χ3n) is 3.15. The van der Waals surface area contributed by atoms with Gasteiger partial charge in [0.05, 0.1) is 12.5 Å². The second-order valence-corrected chi connectivity index (χ2v) is 4.55. The monoisotopic (exact) mass is 208 g/mol. The summed E-state index contributed by atoms with van der Waals surface area (Å²) in [4.78, 5) is 2.39. The quantitative estimate of drug-likeness (QED) is 0.824. The normalized spacial score (nSPS) is 25.3. The van der Waals surface area contributed by atoms with E-state index >= 15 is 0 Å². The van der Waals surface area contributed by atoms with Crippen LogP contribution in [0.3, 0.4) is 0 Å². The van der Waals surface area contributed by atoms with Gasteiger partial charge in [0.15, 0.2) is 0 Å². The minimum absolute atomic E-state index is 0.389. The Morgan fingerprint density at radius 1 is 1.60 bits per heavy atom. The van der Waals surface area contributed by atoms with Crippen LogP contribution in [0.4, 0.5) is 0 Å². The average Bonchev–Trinajstić information content (AvgIpc) is 2.70. The molecule has 0 aromatic carbocycles. The molecule has 0 radical (unpaired) electrons. The Kier molecular flexibility index (Phi) is 3.44. The van der Waals surface area contributed by atoms with Crippen molar-refractivity contribution in [2.45, 2.75) is 31.8 Å². The second kappa shape index (κ2) is 4.81. The number of likely N-dealkylation sites (tertiary alicyclic amines) is 1. The van der Waals surface area contributed by atoms with Crippen LogP contribution in [0, 0.1) is 0 Å². The van der Waals surface area contributed by atoms with E-state index in [0.717, 1.165) is 6.54 Å². The first kappa shape index (κ1) is 10.7. The summed E-state index contributed by atoms with van der Waals surface area (Å²) in [6.07, 6.45) is 6.14. The lowest BCUT2D eigenvalue weighted by molar-refractivity contribution is 0.218. The van der Waals surface area contributed by atoms with Gasteiger partial charge in [-0.2, -0.15) is 0 Å². The zero-order chi connectivity index (χ0) is 10.7. The number of hydrogen-bond donors (Lipinski definition) is 1. The summed E-state index contributed by atoms with van der Waals surface area (Å²) in [5.74, 6) is 0. The first-order chi connectivity index (χ1) is 7.25. The van der Waals surface area contributed by atoms with Crippen molar-refractivity contribution in [1.82, 2.24) is 10.2 Å². The van der Waals surface area contributed by atoms with E-state index in [1.54, 1.807) is 6.26 Å². The molecule has 2 rings (SSSR count). The Morgan fingerprint density at radius 3 is 3.13 bits per heavy atom. The van der Waals surface area contributed by atoms with Gasteiger partial charge in [-0.05, 0) is 39.4 Å². The molecule has 3 nitrogen and oxygen atoms in total. The van der Waals surface area contributed by atoms with Crippen LogP contribution in [0.5, 0.6) is 0 Å². The number of furan rings is 1. The summed E-state index contributed by atoms with van der Waals surface area (Å²) in [6.45, 7) is 4.58. The Labute approximate surface area is 91.4 Å². The molecule has 1 fully saturated rings. The number of piperidine rings is 1. The highest BCUT2D eigenvalue weighted by atomic mass is 16.3. The van der Waals surface area contributed by atoms with E-state index in [1.165, 1.54) is 24.9 Å². The smallest absolute Gasteiger partial charge is 0.0950 e. The van der Waals surface area contributed by atoms with Gasteiger partial charge in [-0.25, -0.2) is 0 Å². The van der Waals surface area contributed by atoms with Crippen LogP contribution in [0.1, 0.15) is 31.4 Å². The molecule has 0 amide bonds. The molecular weight excluding hydrogens is 188 g/mol. The minimum atomic E-state index is 0.389. The summed E-state index contributed by atoms with van der Waals surface area (Å²) >= 11 is 0. The topological polar surface area (TPSA) is 28.4 Å². The Balaban J connectivity index is 1.86. The first-order valence-electron chi connectivity index (χ1n) is 5.72. The van der Waals surface area contributed by atoms with E-state index in [4.69, 9.17) is 4.42 Å². The fourth-order valence-electron chi connectivity index (χ4n) is 2.27. The molecule has 0 aliphatic carbocycles. The van der Waals surface area contributed by atoms with Crippen molar-refractivity contribution < 1.29 is 4.42 Å². The first-order valence-corrected chi connectivity index (χ1v) is 5.72. The SMILES string of the molecule is CC(NC1CCCN(C)C1)c1ccoc1. The van der Waals surface area contributed by atoms with Gasteiger partial charge in [-0.1, -0.05) is 0 Å². The largest absolute Gasteiger partial charge is 0.472 e. The van der Waals surface area contributed by atoms with Gasteiger partial charge >= 0.3 is 0 Å². The zero-order valence-corrected chi connectivity index (χ0v) is 9.57. The molecule has 2 heterocycles. The number of hydrogen-bond acceptors (Lipinski definition) is 3. The summed E-state index contributed by atoms with van der Waals surface area (Å²) in [5.41, 5.74) is 1.24. The van der Waals surface area contributed by atoms with Gasteiger partial charge in [0, 0.05) is 24.2 Å². The van der Waals surface area contributed by atoms with E-state index in [-0.39, 0.29) is 0 Å². The molecule has 15 heavy (non-hydrogen) atoms. The Hall–Kier alpha value is -0.800. The molecule has 1 saturated heterocycles. The number of likely N-dealkylation sites (N-methyl/N-ethyl adjacent to an activating group) is 1. The zero-order valence-electron chi connectivity index (χ0n) is 9.57. The molecule has 1 aliphatic rings. The van der Waals surface area contributed by atoms with Crippen LogP contribution in [0.25, 0.3) is 0 Å². The number of nitrogens with one attached hydrogen (secondary N) is 1. The summed E-state index contributed by atoms with van der Waals surface area (Å²) in [7, 11) is 2.19. The Bertz CT molecular complexity index is 284. The van der Waals surface area contributed by atoms with Crippen LogP contribution in [-0.2, 0) is 0 Å². The molecule has 1 N–H and O–H groups in total. The third kappa shape index (κ3) is 2.83. The molecule has 3 heteroatoms. The van der Waals surface area contributed by atoms with Gasteiger partial charge in [-0.15, -0.1) is 0 Å². The third-order valence-corrected chi connectivity index (χ3v) is 3.15. The number of nitrogens with zero attached hydrogens (tertiary/aromatic N) is 1. The average molecular weight is 208 g/mol. The van der Waals surface area contributed by atoms with Crippen molar-refractivity contribution in [3.05, 3.63) is 24.2 Å². The predicted molar refractivity (Wildman–Crippen MR) is 60.8 cm³/mol. The van der Waals surface area contributed by atoms with Crippen LogP contribution < -0.4 is 5.32 Å². The van der Waals surface area contributed by atoms with Crippen molar-refractivity contribution in [2.24, 2.45) is 0 Å². The van der Waals surface area contributed by atoms with Crippen LogP contribution in [0.15, 0.2) is 23.0 Å². The Morgan fingerprint density at radius 2 is 2.47 bits per heavy atom. The maximum absolute atomic E-state index is 5.10. The molecule has 1 aliphatic heterocycles. The van der Waals surface area contributed by atoms with Crippen LogP contribution >= 0.6 is 0 Å². The molecule has 2 atom stereocenters. The molecule has 2 unspecified atom stereocenters. The maximum atomic E-state index is 5.10. The van der Waals surface area contributed by atoms with Crippen LogP contribution in [0.2, 0.25) is 0 Å². The van der Waals surface area contributed by atoms with E-state index < -0.39 is 0 Å². The molecule has 1 aromatic heterocycles. The maximum Gasteiger partial charge on any atom is 0.0950 e.